The number of aromatic nitrogens is 3. The molecule has 172 valence electrons. The fourth-order valence-electron chi connectivity index (χ4n) is 3.66. The molecule has 31 heavy (non-hydrogen) atoms. The minimum atomic E-state index is -4.76. The van der Waals surface area contributed by atoms with Crippen LogP contribution < -0.4 is 0 Å². The van der Waals surface area contributed by atoms with Gasteiger partial charge in [0, 0.05) is 6.20 Å². The summed E-state index contributed by atoms with van der Waals surface area (Å²) in [4.78, 5) is 35.8. The first-order chi connectivity index (χ1) is 14.2. The highest BCUT2D eigenvalue weighted by Crippen LogP contribution is 2.56. The van der Waals surface area contributed by atoms with Crippen molar-refractivity contribution < 1.29 is 42.5 Å². The highest BCUT2D eigenvalue weighted by molar-refractivity contribution is 7.70. The van der Waals surface area contributed by atoms with E-state index in [0.717, 1.165) is 0 Å². The zero-order valence-electron chi connectivity index (χ0n) is 16.2. The van der Waals surface area contributed by atoms with Crippen LogP contribution in [0, 0.1) is 0 Å². The third-order valence-electron chi connectivity index (χ3n) is 4.70. The van der Waals surface area contributed by atoms with E-state index < -0.39 is 58.0 Å². The topological polar surface area (TPSA) is 162 Å². The van der Waals surface area contributed by atoms with Gasteiger partial charge < -0.3 is 38.0 Å². The Bertz CT molecular complexity index is 1110. The van der Waals surface area contributed by atoms with Gasteiger partial charge in [-0.25, -0.2) is 4.98 Å². The predicted octanol–water partition coefficient (Wildman–Crippen LogP) is 2.49. The van der Waals surface area contributed by atoms with Crippen LogP contribution in [0.2, 0.25) is 10.4 Å². The molecular formula is C15H19Cl2N3O9P2. The summed E-state index contributed by atoms with van der Waals surface area (Å²) < 4.78 is 47.5. The molecule has 2 saturated heterocycles. The average Bonchev–Trinajstić information content (AvgIpc) is 3.22. The molecule has 4 rings (SSSR count). The highest BCUT2D eigenvalue weighted by atomic mass is 35.5. The van der Waals surface area contributed by atoms with Crippen LogP contribution in [-0.2, 0) is 27.9 Å². The Balaban J connectivity index is 1.61. The summed E-state index contributed by atoms with van der Waals surface area (Å²) in [6.07, 6.45) is -1.34. The van der Waals surface area contributed by atoms with Crippen LogP contribution in [0.5, 0.6) is 0 Å². The second kappa shape index (κ2) is 8.00. The number of rotatable bonds is 6. The maximum atomic E-state index is 12.0. The zero-order valence-corrected chi connectivity index (χ0v) is 19.5. The van der Waals surface area contributed by atoms with Gasteiger partial charge in [0.2, 0.25) is 5.28 Å². The molecule has 16 heteroatoms. The Labute approximate surface area is 186 Å². The molecule has 0 amide bonds. The minimum Gasteiger partial charge on any atom is -0.347 e. The molecule has 2 aliphatic heterocycles. The molecule has 0 bridgehead atoms. The van der Waals surface area contributed by atoms with Crippen LogP contribution in [0.25, 0.3) is 11.0 Å². The molecule has 2 aromatic rings. The van der Waals surface area contributed by atoms with Crippen LogP contribution in [0.4, 0.5) is 0 Å². The van der Waals surface area contributed by atoms with Gasteiger partial charge in [-0.3, -0.25) is 9.13 Å². The first kappa shape index (κ1) is 23.5. The smallest absolute Gasteiger partial charge is 0.340 e. The molecule has 0 radical (unpaired) electrons. The fourth-order valence-corrected chi connectivity index (χ4v) is 6.66. The van der Waals surface area contributed by atoms with Crippen molar-refractivity contribution in [3.8, 4) is 0 Å². The van der Waals surface area contributed by atoms with E-state index in [9.17, 15) is 14.0 Å². The summed E-state index contributed by atoms with van der Waals surface area (Å²) in [5, 5.41) is 0.630. The van der Waals surface area contributed by atoms with E-state index in [1.807, 2.05) is 0 Å². The van der Waals surface area contributed by atoms with E-state index in [2.05, 4.69) is 9.97 Å². The van der Waals surface area contributed by atoms with Gasteiger partial charge in [0.25, 0.3) is 0 Å². The Morgan fingerprint density at radius 2 is 1.87 bits per heavy atom. The van der Waals surface area contributed by atoms with Gasteiger partial charge in [-0.1, -0.05) is 11.6 Å². The molecule has 0 aliphatic carbocycles. The average molecular weight is 518 g/mol. The molecule has 2 aliphatic rings. The molecule has 5 atom stereocenters. The Morgan fingerprint density at radius 3 is 2.55 bits per heavy atom. The summed E-state index contributed by atoms with van der Waals surface area (Å²) in [6, 6.07) is 1.68. The summed E-state index contributed by atoms with van der Waals surface area (Å²) in [5.74, 6) is -2.28. The van der Waals surface area contributed by atoms with Crippen molar-refractivity contribution in [1.29, 1.82) is 0 Å². The number of nitrogens with zero attached hydrogens (tertiary/aromatic N) is 3. The number of halogens is 2. The van der Waals surface area contributed by atoms with Crippen molar-refractivity contribution in [2.45, 2.75) is 44.2 Å². The van der Waals surface area contributed by atoms with Crippen molar-refractivity contribution in [1.82, 2.24) is 14.5 Å². The number of ether oxygens (including phenoxy) is 3. The van der Waals surface area contributed by atoms with Crippen molar-refractivity contribution in [3.63, 3.8) is 0 Å². The van der Waals surface area contributed by atoms with Gasteiger partial charge in [0.05, 0.1) is 12.0 Å². The normalized spacial score (nSPS) is 29.9. The summed E-state index contributed by atoms with van der Waals surface area (Å²) in [6.45, 7) is 2.95. The second-order valence-electron chi connectivity index (χ2n) is 7.61. The maximum Gasteiger partial charge on any atom is 0.340 e. The molecule has 2 aromatic heterocycles. The fraction of sp³-hybridized carbons (Fsp3) is 0.600. The van der Waals surface area contributed by atoms with Gasteiger partial charge in [-0.05, 0) is 31.5 Å². The van der Waals surface area contributed by atoms with E-state index >= 15 is 0 Å². The van der Waals surface area contributed by atoms with Gasteiger partial charge in [0.1, 0.15) is 29.1 Å². The summed E-state index contributed by atoms with van der Waals surface area (Å²) in [7, 11) is -9.33. The lowest BCUT2D eigenvalue weighted by Gasteiger charge is -2.25. The lowest BCUT2D eigenvalue weighted by molar-refractivity contribution is -0.199. The van der Waals surface area contributed by atoms with Gasteiger partial charge in [0.15, 0.2) is 17.9 Å². The minimum absolute atomic E-state index is 0.0607. The SMILES string of the molecule is CC1(C)O[C@@H]2[C@H](O1)[C@@H](COP(=O)(O)CP(=O)(O)O)O[C@H]2n1ccc2c(Cl)nc(Cl)nc21. The maximum absolute atomic E-state index is 12.0. The Kier molecular flexibility index (Phi) is 6.08. The van der Waals surface area contributed by atoms with E-state index in [1.165, 1.54) is 0 Å². The standard InChI is InChI=1S/C15H19Cl2N3O9P2/c1-15(2)28-9-8(5-26-31(24,25)6-30(21,22)23)27-13(10(9)29-15)20-4-3-7-11(16)18-14(17)19-12(7)20/h3-4,8-10,13H,5-6H2,1-2H3,(H,24,25)(H2,21,22,23)/t8-,9-,10-,13-/m1/s1. The number of hydrogen-bond acceptors (Lipinski definition) is 8. The molecule has 3 N–H and O–H groups in total. The number of fused-ring (bicyclic) bond motifs is 2. The third kappa shape index (κ3) is 5.00. The molecule has 2 fully saturated rings. The monoisotopic (exact) mass is 517 g/mol. The molecule has 0 aromatic carbocycles. The Hall–Kier alpha value is -0.620. The van der Waals surface area contributed by atoms with Crippen molar-refractivity contribution in [2.24, 2.45) is 0 Å². The molecular weight excluding hydrogens is 499 g/mol. The molecule has 0 spiro atoms. The molecule has 0 saturated carbocycles. The first-order valence-electron chi connectivity index (χ1n) is 8.96. The van der Waals surface area contributed by atoms with E-state index in [0.29, 0.717) is 11.0 Å². The van der Waals surface area contributed by atoms with Crippen LogP contribution >= 0.6 is 38.4 Å². The van der Waals surface area contributed by atoms with Gasteiger partial charge >= 0.3 is 15.2 Å². The second-order valence-corrected chi connectivity index (χ2v) is 12.3. The first-order valence-corrected chi connectivity index (χ1v) is 13.3. The van der Waals surface area contributed by atoms with Crippen molar-refractivity contribution >= 4 is 49.4 Å². The Morgan fingerprint density at radius 1 is 1.19 bits per heavy atom. The quantitative estimate of drug-likeness (QED) is 0.293. The largest absolute Gasteiger partial charge is 0.347 e. The highest BCUT2D eigenvalue weighted by Gasteiger charge is 2.56. The summed E-state index contributed by atoms with van der Waals surface area (Å²) in [5.41, 5.74) is 0.387. The molecule has 12 nitrogen and oxygen atoms in total. The van der Waals surface area contributed by atoms with E-state index in [4.69, 9.17) is 51.7 Å². The van der Waals surface area contributed by atoms with Crippen LogP contribution in [0.3, 0.4) is 0 Å². The molecule has 4 heterocycles. The lowest BCUT2D eigenvalue weighted by atomic mass is 10.1. The predicted molar refractivity (Wildman–Crippen MR) is 108 cm³/mol. The summed E-state index contributed by atoms with van der Waals surface area (Å²) >= 11 is 12.1. The van der Waals surface area contributed by atoms with Crippen molar-refractivity contribution in [2.75, 3.05) is 12.5 Å². The van der Waals surface area contributed by atoms with Crippen LogP contribution in [0.15, 0.2) is 12.3 Å². The number of hydrogen-bond donors (Lipinski definition) is 3. The van der Waals surface area contributed by atoms with E-state index in [-0.39, 0.29) is 10.4 Å². The molecule has 1 unspecified atom stereocenters. The van der Waals surface area contributed by atoms with Crippen LogP contribution in [0.1, 0.15) is 20.1 Å². The van der Waals surface area contributed by atoms with Crippen LogP contribution in [-0.4, -0.2) is 65.8 Å². The lowest BCUT2D eigenvalue weighted by Crippen LogP contribution is -2.32. The van der Waals surface area contributed by atoms with Crippen molar-refractivity contribution in [3.05, 3.63) is 22.7 Å². The zero-order chi connectivity index (χ0) is 22.8. The van der Waals surface area contributed by atoms with Gasteiger partial charge in [-0.2, -0.15) is 4.98 Å². The third-order valence-corrected chi connectivity index (χ3v) is 8.61. The van der Waals surface area contributed by atoms with E-state index in [1.54, 1.807) is 30.7 Å². The van der Waals surface area contributed by atoms with Gasteiger partial charge in [-0.15, -0.1) is 0 Å².